The minimum Gasteiger partial charge on any atom is -0.465 e. The Hall–Kier alpha value is -3.60. The van der Waals surface area contributed by atoms with Gasteiger partial charge in [0.1, 0.15) is 6.04 Å². The van der Waals surface area contributed by atoms with E-state index in [4.69, 9.17) is 4.74 Å². The zero-order chi connectivity index (χ0) is 19.9. The van der Waals surface area contributed by atoms with Gasteiger partial charge in [-0.15, -0.1) is 0 Å². The number of hydrogen-bond acceptors (Lipinski definition) is 4. The predicted octanol–water partition coefficient (Wildman–Crippen LogP) is 4.57. The fourth-order valence-corrected chi connectivity index (χ4v) is 2.78. The molecule has 3 rings (SSSR count). The normalized spacial score (nSPS) is 11.4. The highest BCUT2D eigenvalue weighted by Crippen LogP contribution is 2.22. The maximum atomic E-state index is 13.0. The van der Waals surface area contributed by atoms with Crippen molar-refractivity contribution in [1.29, 1.82) is 0 Å². The highest BCUT2D eigenvalue weighted by atomic mass is 16.5. The minimum absolute atomic E-state index is 0.174. The van der Waals surface area contributed by atoms with Gasteiger partial charge in [-0.05, 0) is 48.9 Å². The molecule has 0 spiro atoms. The molecule has 0 aliphatic carbocycles. The quantitative estimate of drug-likeness (QED) is 0.620. The number of aryl methyl sites for hydroxylation is 1. The van der Waals surface area contributed by atoms with Crippen molar-refractivity contribution in [3.8, 4) is 0 Å². The number of nitrogens with one attached hydrogen (secondary N) is 2. The Bertz CT molecular complexity index is 936. The maximum absolute atomic E-state index is 13.0. The van der Waals surface area contributed by atoms with Gasteiger partial charge in [0.2, 0.25) is 0 Å². The molecule has 0 bridgehead atoms. The molecule has 0 fully saturated rings. The lowest BCUT2D eigenvalue weighted by molar-refractivity contribution is -0.117. The number of anilines is 2. The van der Waals surface area contributed by atoms with Crippen molar-refractivity contribution in [2.45, 2.75) is 13.0 Å². The number of amides is 1. The van der Waals surface area contributed by atoms with E-state index in [0.717, 1.165) is 22.5 Å². The highest BCUT2D eigenvalue weighted by molar-refractivity contribution is 5.97. The lowest BCUT2D eigenvalue weighted by Gasteiger charge is -2.20. The minimum atomic E-state index is -0.591. The first-order valence-corrected chi connectivity index (χ1v) is 8.94. The third-order valence-corrected chi connectivity index (χ3v) is 4.33. The fraction of sp³-hybridized carbons (Fsp3) is 0.130. The average molecular weight is 374 g/mol. The third-order valence-electron chi connectivity index (χ3n) is 4.33. The van der Waals surface area contributed by atoms with E-state index in [1.165, 1.54) is 7.11 Å². The first-order valence-electron chi connectivity index (χ1n) is 8.94. The van der Waals surface area contributed by atoms with Crippen molar-refractivity contribution in [2.75, 3.05) is 17.7 Å². The van der Waals surface area contributed by atoms with E-state index >= 15 is 0 Å². The summed E-state index contributed by atoms with van der Waals surface area (Å²) in [6.45, 7) is 2.00. The molecule has 0 saturated heterocycles. The molecular formula is C23H22N2O3. The maximum Gasteiger partial charge on any atom is 0.337 e. The van der Waals surface area contributed by atoms with Gasteiger partial charge in [0.15, 0.2) is 0 Å². The van der Waals surface area contributed by atoms with Crippen LogP contribution in [0.4, 0.5) is 11.4 Å². The lowest BCUT2D eigenvalue weighted by Crippen LogP contribution is -2.27. The van der Waals surface area contributed by atoms with Gasteiger partial charge in [0.25, 0.3) is 5.91 Å². The summed E-state index contributed by atoms with van der Waals surface area (Å²) in [5.41, 5.74) is 3.87. The Balaban J connectivity index is 1.82. The van der Waals surface area contributed by atoms with E-state index in [9.17, 15) is 9.59 Å². The van der Waals surface area contributed by atoms with Crippen molar-refractivity contribution < 1.29 is 14.3 Å². The lowest BCUT2D eigenvalue weighted by atomic mass is 10.1. The second-order valence-electron chi connectivity index (χ2n) is 6.41. The topological polar surface area (TPSA) is 67.4 Å². The van der Waals surface area contributed by atoms with Crippen LogP contribution >= 0.6 is 0 Å². The Morgan fingerprint density at radius 2 is 1.43 bits per heavy atom. The number of esters is 1. The van der Waals surface area contributed by atoms with E-state index in [0.29, 0.717) is 5.56 Å². The van der Waals surface area contributed by atoms with Crippen LogP contribution in [0.2, 0.25) is 0 Å². The Morgan fingerprint density at radius 1 is 0.821 bits per heavy atom. The molecule has 0 heterocycles. The van der Waals surface area contributed by atoms with Crippen LogP contribution in [0.3, 0.4) is 0 Å². The summed E-state index contributed by atoms with van der Waals surface area (Å²) in [5, 5.41) is 6.20. The molecule has 0 aliphatic rings. The molecule has 0 unspecified atom stereocenters. The smallest absolute Gasteiger partial charge is 0.337 e. The molecule has 0 radical (unpaired) electrons. The Kier molecular flexibility index (Phi) is 6.07. The highest BCUT2D eigenvalue weighted by Gasteiger charge is 2.21. The van der Waals surface area contributed by atoms with Crippen LogP contribution in [-0.4, -0.2) is 19.0 Å². The summed E-state index contributed by atoms with van der Waals surface area (Å²) in [4.78, 5) is 24.6. The number of rotatable bonds is 6. The standard InChI is InChI=1S/C23H22N2O3/c1-16-8-12-20(13-9-16)25-22(26)21(17-6-4-3-5-7-17)24-19-14-10-18(11-15-19)23(27)28-2/h3-15,21,24H,1-2H3,(H,25,26)/t21-/m0/s1. The van der Waals surface area contributed by atoms with E-state index in [1.807, 2.05) is 61.5 Å². The first kappa shape index (κ1) is 19.2. The van der Waals surface area contributed by atoms with E-state index < -0.39 is 12.0 Å². The van der Waals surface area contributed by atoms with E-state index in [-0.39, 0.29) is 5.91 Å². The van der Waals surface area contributed by atoms with Gasteiger partial charge < -0.3 is 15.4 Å². The molecule has 1 amide bonds. The molecule has 5 nitrogen and oxygen atoms in total. The van der Waals surface area contributed by atoms with Gasteiger partial charge in [-0.1, -0.05) is 48.0 Å². The average Bonchev–Trinajstić information content (AvgIpc) is 2.74. The first-order chi connectivity index (χ1) is 13.6. The van der Waals surface area contributed by atoms with Gasteiger partial charge in [-0.3, -0.25) is 4.79 Å². The zero-order valence-corrected chi connectivity index (χ0v) is 15.8. The molecule has 3 aromatic carbocycles. The van der Waals surface area contributed by atoms with Gasteiger partial charge in [-0.2, -0.15) is 0 Å². The van der Waals surface area contributed by atoms with Crippen LogP contribution in [0.1, 0.15) is 27.5 Å². The largest absolute Gasteiger partial charge is 0.465 e. The summed E-state index contributed by atoms with van der Waals surface area (Å²) >= 11 is 0. The van der Waals surface area contributed by atoms with Crippen molar-refractivity contribution in [1.82, 2.24) is 0 Å². The van der Waals surface area contributed by atoms with Crippen LogP contribution in [0, 0.1) is 6.92 Å². The number of carbonyl (C=O) groups is 2. The second-order valence-corrected chi connectivity index (χ2v) is 6.41. The number of carbonyl (C=O) groups excluding carboxylic acids is 2. The predicted molar refractivity (Wildman–Crippen MR) is 110 cm³/mol. The Morgan fingerprint density at radius 3 is 2.04 bits per heavy atom. The molecule has 0 aromatic heterocycles. The second kappa shape index (κ2) is 8.86. The molecular weight excluding hydrogens is 352 g/mol. The SMILES string of the molecule is COC(=O)c1ccc(N[C@H](C(=O)Nc2ccc(C)cc2)c2ccccc2)cc1. The van der Waals surface area contributed by atoms with Crippen molar-refractivity contribution >= 4 is 23.3 Å². The molecule has 142 valence electrons. The molecule has 2 N–H and O–H groups in total. The van der Waals surface area contributed by atoms with Crippen LogP contribution < -0.4 is 10.6 Å². The fourth-order valence-electron chi connectivity index (χ4n) is 2.78. The van der Waals surface area contributed by atoms with Crippen molar-refractivity contribution in [3.05, 3.63) is 95.6 Å². The molecule has 1 atom stereocenters. The van der Waals surface area contributed by atoms with Gasteiger partial charge in [0.05, 0.1) is 12.7 Å². The summed E-state index contributed by atoms with van der Waals surface area (Å²) in [6.07, 6.45) is 0. The van der Waals surface area contributed by atoms with Crippen LogP contribution in [0.15, 0.2) is 78.9 Å². The van der Waals surface area contributed by atoms with Gasteiger partial charge in [0, 0.05) is 11.4 Å². The molecule has 28 heavy (non-hydrogen) atoms. The number of hydrogen-bond donors (Lipinski definition) is 2. The zero-order valence-electron chi connectivity index (χ0n) is 15.8. The number of methoxy groups -OCH3 is 1. The summed E-state index contributed by atoms with van der Waals surface area (Å²) in [7, 11) is 1.34. The third kappa shape index (κ3) is 4.76. The van der Waals surface area contributed by atoms with Gasteiger partial charge in [-0.25, -0.2) is 4.79 Å². The van der Waals surface area contributed by atoms with E-state index in [2.05, 4.69) is 10.6 Å². The number of ether oxygens (including phenoxy) is 1. The van der Waals surface area contributed by atoms with Crippen LogP contribution in [0.25, 0.3) is 0 Å². The van der Waals surface area contributed by atoms with Crippen molar-refractivity contribution in [3.63, 3.8) is 0 Å². The summed E-state index contributed by atoms with van der Waals surface area (Å²) < 4.78 is 4.72. The Labute approximate surface area is 164 Å². The number of benzene rings is 3. The summed E-state index contributed by atoms with van der Waals surface area (Å²) in [6, 6.07) is 23.4. The molecule has 0 aliphatic heterocycles. The van der Waals surface area contributed by atoms with Crippen LogP contribution in [-0.2, 0) is 9.53 Å². The monoisotopic (exact) mass is 374 g/mol. The van der Waals surface area contributed by atoms with Crippen molar-refractivity contribution in [2.24, 2.45) is 0 Å². The van der Waals surface area contributed by atoms with Crippen LogP contribution in [0.5, 0.6) is 0 Å². The summed E-state index contributed by atoms with van der Waals surface area (Å²) in [5.74, 6) is -0.574. The van der Waals surface area contributed by atoms with E-state index in [1.54, 1.807) is 24.3 Å². The molecule has 3 aromatic rings. The molecule has 0 saturated carbocycles. The molecule has 5 heteroatoms. The van der Waals surface area contributed by atoms with Gasteiger partial charge >= 0.3 is 5.97 Å².